The topological polar surface area (TPSA) is 55.1 Å². The fourth-order valence-electron chi connectivity index (χ4n) is 3.26. The highest BCUT2D eigenvalue weighted by Gasteiger charge is 2.28. The van der Waals surface area contributed by atoms with Gasteiger partial charge in [-0.05, 0) is 43.1 Å². The molecule has 1 aliphatic heterocycles. The van der Waals surface area contributed by atoms with Crippen LogP contribution in [0, 0.1) is 6.92 Å². The van der Waals surface area contributed by atoms with Gasteiger partial charge in [0.1, 0.15) is 0 Å². The lowest BCUT2D eigenvalue weighted by molar-refractivity contribution is 0.309. The average molecular weight is 320 g/mol. The van der Waals surface area contributed by atoms with Gasteiger partial charge in [-0.3, -0.25) is 9.88 Å². The number of rotatable bonds is 4. The Hall–Kier alpha value is -2.53. The van der Waals surface area contributed by atoms with Crippen molar-refractivity contribution < 1.29 is 4.52 Å². The molecule has 3 heterocycles. The van der Waals surface area contributed by atoms with Gasteiger partial charge < -0.3 is 4.52 Å². The summed E-state index contributed by atoms with van der Waals surface area (Å²) in [5.74, 6) is 1.76. The normalized spacial score (nSPS) is 18.1. The highest BCUT2D eigenvalue weighted by molar-refractivity contribution is 5.59. The summed E-state index contributed by atoms with van der Waals surface area (Å²) in [5.41, 5.74) is 3.49. The van der Waals surface area contributed by atoms with Crippen LogP contribution in [-0.4, -0.2) is 33.1 Å². The van der Waals surface area contributed by atoms with Crippen molar-refractivity contribution in [3.05, 3.63) is 65.8 Å². The molecule has 1 saturated heterocycles. The summed E-state index contributed by atoms with van der Waals surface area (Å²) in [5, 5.41) is 4.19. The Morgan fingerprint density at radius 1 is 1.17 bits per heavy atom. The molecule has 122 valence electrons. The molecule has 0 bridgehead atoms. The van der Waals surface area contributed by atoms with Crippen molar-refractivity contribution in [3.8, 4) is 11.4 Å². The Balaban J connectivity index is 1.45. The van der Waals surface area contributed by atoms with E-state index >= 15 is 0 Å². The average Bonchev–Trinajstić information content (AvgIpc) is 3.25. The van der Waals surface area contributed by atoms with Gasteiger partial charge in [-0.2, -0.15) is 4.98 Å². The molecule has 0 aliphatic carbocycles. The Morgan fingerprint density at radius 2 is 2.00 bits per heavy atom. The monoisotopic (exact) mass is 320 g/mol. The zero-order valence-electron chi connectivity index (χ0n) is 13.7. The molecule has 5 nitrogen and oxygen atoms in total. The molecule has 1 aromatic carbocycles. The first-order valence-corrected chi connectivity index (χ1v) is 8.30. The highest BCUT2D eigenvalue weighted by Crippen LogP contribution is 2.29. The van der Waals surface area contributed by atoms with Gasteiger partial charge in [0.25, 0.3) is 0 Å². The van der Waals surface area contributed by atoms with Gasteiger partial charge in [0.05, 0.1) is 5.92 Å². The van der Waals surface area contributed by atoms with E-state index < -0.39 is 0 Å². The van der Waals surface area contributed by atoms with Crippen molar-refractivity contribution in [2.45, 2.75) is 25.8 Å². The number of pyridine rings is 1. The van der Waals surface area contributed by atoms with E-state index in [9.17, 15) is 0 Å². The maximum Gasteiger partial charge on any atom is 0.231 e. The third kappa shape index (κ3) is 3.08. The fraction of sp³-hybridized carbons (Fsp3) is 0.316. The quantitative estimate of drug-likeness (QED) is 0.737. The molecule has 0 N–H and O–H groups in total. The summed E-state index contributed by atoms with van der Waals surface area (Å²) < 4.78 is 5.56. The Labute approximate surface area is 141 Å². The van der Waals surface area contributed by atoms with Gasteiger partial charge in [-0.15, -0.1) is 0 Å². The second-order valence-corrected chi connectivity index (χ2v) is 6.35. The van der Waals surface area contributed by atoms with Gasteiger partial charge in [0.2, 0.25) is 11.7 Å². The first-order valence-electron chi connectivity index (χ1n) is 8.30. The minimum atomic E-state index is 0.317. The van der Waals surface area contributed by atoms with Crippen molar-refractivity contribution >= 4 is 0 Å². The van der Waals surface area contributed by atoms with Crippen LogP contribution in [0.3, 0.4) is 0 Å². The van der Waals surface area contributed by atoms with Gasteiger partial charge in [-0.1, -0.05) is 29.4 Å². The van der Waals surface area contributed by atoms with Crippen LogP contribution in [0.4, 0.5) is 0 Å². The third-order valence-corrected chi connectivity index (χ3v) is 4.60. The lowest BCUT2D eigenvalue weighted by Gasteiger charge is -2.14. The van der Waals surface area contributed by atoms with Crippen LogP contribution < -0.4 is 0 Å². The van der Waals surface area contributed by atoms with Crippen LogP contribution in [0.25, 0.3) is 11.4 Å². The molecule has 0 radical (unpaired) electrons. The molecule has 0 saturated carbocycles. The van der Waals surface area contributed by atoms with Crippen molar-refractivity contribution in [2.24, 2.45) is 0 Å². The SMILES string of the molecule is Cc1ccccc1-c1noc(C2CCN(Cc3ccncc3)C2)n1. The van der Waals surface area contributed by atoms with E-state index in [1.165, 1.54) is 5.56 Å². The van der Waals surface area contributed by atoms with Crippen molar-refractivity contribution in [3.63, 3.8) is 0 Å². The number of aryl methyl sites for hydroxylation is 1. The number of hydrogen-bond donors (Lipinski definition) is 0. The second kappa shape index (κ2) is 6.53. The smallest absolute Gasteiger partial charge is 0.231 e. The maximum absolute atomic E-state index is 5.56. The van der Waals surface area contributed by atoms with E-state index in [0.717, 1.165) is 43.1 Å². The predicted molar refractivity (Wildman–Crippen MR) is 91.3 cm³/mol. The van der Waals surface area contributed by atoms with Gasteiger partial charge in [-0.25, -0.2) is 0 Å². The fourth-order valence-corrected chi connectivity index (χ4v) is 3.26. The highest BCUT2D eigenvalue weighted by atomic mass is 16.5. The number of likely N-dealkylation sites (tertiary alicyclic amines) is 1. The largest absolute Gasteiger partial charge is 0.339 e. The van der Waals surface area contributed by atoms with Crippen LogP contribution >= 0.6 is 0 Å². The zero-order valence-corrected chi connectivity index (χ0v) is 13.7. The Bertz CT molecular complexity index is 815. The summed E-state index contributed by atoms with van der Waals surface area (Å²) >= 11 is 0. The van der Waals surface area contributed by atoms with E-state index in [0.29, 0.717) is 11.7 Å². The molecule has 3 aromatic rings. The number of hydrogen-bond acceptors (Lipinski definition) is 5. The third-order valence-electron chi connectivity index (χ3n) is 4.60. The maximum atomic E-state index is 5.56. The van der Waals surface area contributed by atoms with E-state index in [2.05, 4.69) is 45.1 Å². The molecule has 0 amide bonds. The minimum absolute atomic E-state index is 0.317. The second-order valence-electron chi connectivity index (χ2n) is 6.35. The summed E-state index contributed by atoms with van der Waals surface area (Å²) in [4.78, 5) is 11.1. The summed E-state index contributed by atoms with van der Waals surface area (Å²) in [6, 6.07) is 12.3. The lowest BCUT2D eigenvalue weighted by atomic mass is 10.1. The molecule has 0 spiro atoms. The van der Waals surface area contributed by atoms with Gasteiger partial charge in [0.15, 0.2) is 0 Å². The Kier molecular flexibility index (Phi) is 4.09. The van der Waals surface area contributed by atoms with E-state index in [4.69, 9.17) is 4.52 Å². The molecule has 1 unspecified atom stereocenters. The van der Waals surface area contributed by atoms with E-state index in [-0.39, 0.29) is 0 Å². The molecule has 24 heavy (non-hydrogen) atoms. The molecule has 2 aromatic heterocycles. The van der Waals surface area contributed by atoms with Gasteiger partial charge in [0, 0.05) is 31.0 Å². The van der Waals surface area contributed by atoms with Crippen LogP contribution in [-0.2, 0) is 6.54 Å². The first kappa shape index (κ1) is 15.0. The van der Waals surface area contributed by atoms with Crippen LogP contribution in [0.5, 0.6) is 0 Å². The van der Waals surface area contributed by atoms with Crippen molar-refractivity contribution in [1.82, 2.24) is 20.0 Å². The number of benzene rings is 1. The number of aromatic nitrogens is 3. The van der Waals surface area contributed by atoms with Crippen LogP contribution in [0.2, 0.25) is 0 Å². The zero-order chi connectivity index (χ0) is 16.4. The van der Waals surface area contributed by atoms with Crippen molar-refractivity contribution in [2.75, 3.05) is 13.1 Å². The Morgan fingerprint density at radius 3 is 2.83 bits per heavy atom. The van der Waals surface area contributed by atoms with Crippen LogP contribution in [0.1, 0.15) is 29.4 Å². The molecular weight excluding hydrogens is 300 g/mol. The molecule has 1 fully saturated rings. The molecule has 1 aliphatic rings. The summed E-state index contributed by atoms with van der Waals surface area (Å²) in [6.45, 7) is 5.02. The minimum Gasteiger partial charge on any atom is -0.339 e. The summed E-state index contributed by atoms with van der Waals surface area (Å²) in [6.07, 6.45) is 4.74. The first-order chi connectivity index (χ1) is 11.8. The van der Waals surface area contributed by atoms with E-state index in [1.54, 1.807) is 0 Å². The summed E-state index contributed by atoms with van der Waals surface area (Å²) in [7, 11) is 0. The predicted octanol–water partition coefficient (Wildman–Crippen LogP) is 3.43. The lowest BCUT2D eigenvalue weighted by Crippen LogP contribution is -2.19. The number of nitrogens with zero attached hydrogens (tertiary/aromatic N) is 4. The van der Waals surface area contributed by atoms with Crippen LogP contribution in [0.15, 0.2) is 53.3 Å². The molecule has 4 rings (SSSR count). The van der Waals surface area contributed by atoms with Gasteiger partial charge >= 0.3 is 0 Å². The molecule has 5 heteroatoms. The molecule has 1 atom stereocenters. The van der Waals surface area contributed by atoms with Crippen molar-refractivity contribution in [1.29, 1.82) is 0 Å². The standard InChI is InChI=1S/C19H20N4O/c1-14-4-2-3-5-17(14)18-21-19(24-22-18)16-8-11-23(13-16)12-15-6-9-20-10-7-15/h2-7,9-10,16H,8,11-13H2,1H3. The molecular formula is C19H20N4O. The van der Waals surface area contributed by atoms with E-state index in [1.807, 2.05) is 30.6 Å².